The van der Waals surface area contributed by atoms with Crippen molar-refractivity contribution in [2.75, 3.05) is 0 Å². The third kappa shape index (κ3) is 4.70. The van der Waals surface area contributed by atoms with Crippen LogP contribution in [0.3, 0.4) is 0 Å². The Morgan fingerprint density at radius 1 is 1.23 bits per heavy atom. The number of halogens is 1. The smallest absolute Gasteiger partial charge is 0.280 e. The van der Waals surface area contributed by atoms with E-state index in [1.165, 1.54) is 5.56 Å². The summed E-state index contributed by atoms with van der Waals surface area (Å²) >= 11 is 3.38. The van der Waals surface area contributed by atoms with Crippen molar-refractivity contribution in [3.63, 3.8) is 0 Å². The molecule has 5 heteroatoms. The molecule has 2 aromatic carbocycles. The minimum atomic E-state index is -0.645. The molecule has 1 N–H and O–H groups in total. The summed E-state index contributed by atoms with van der Waals surface area (Å²) in [4.78, 5) is 11.9. The van der Waals surface area contributed by atoms with Crippen LogP contribution in [0.1, 0.15) is 18.1 Å². The van der Waals surface area contributed by atoms with E-state index in [1.807, 2.05) is 49.4 Å². The lowest BCUT2D eigenvalue weighted by Gasteiger charge is -2.13. The third-order valence-corrected chi connectivity index (χ3v) is 3.63. The van der Waals surface area contributed by atoms with Gasteiger partial charge in [-0.1, -0.05) is 42.0 Å². The highest BCUT2D eigenvalue weighted by Gasteiger charge is 2.14. The zero-order valence-corrected chi connectivity index (χ0v) is 14.0. The molecule has 2 rings (SSSR count). The number of nitrogens with zero attached hydrogens (tertiary/aromatic N) is 1. The maximum atomic E-state index is 11.9. The van der Waals surface area contributed by atoms with Gasteiger partial charge in [-0.3, -0.25) is 4.79 Å². The summed E-state index contributed by atoms with van der Waals surface area (Å²) in [6.45, 7) is 3.69. The largest absolute Gasteiger partial charge is 0.480 e. The summed E-state index contributed by atoms with van der Waals surface area (Å²) in [5, 5.41) is 3.94. The van der Waals surface area contributed by atoms with Crippen molar-refractivity contribution in [1.29, 1.82) is 0 Å². The van der Waals surface area contributed by atoms with E-state index in [-0.39, 0.29) is 5.91 Å². The van der Waals surface area contributed by atoms with Gasteiger partial charge in [0.25, 0.3) is 5.91 Å². The second kappa shape index (κ2) is 7.75. The first-order chi connectivity index (χ1) is 10.6. The topological polar surface area (TPSA) is 50.7 Å². The quantitative estimate of drug-likeness (QED) is 0.653. The molecule has 0 aromatic heterocycles. The molecule has 22 heavy (non-hydrogen) atoms. The normalized spacial score (nSPS) is 12.1. The van der Waals surface area contributed by atoms with Crippen molar-refractivity contribution in [2.24, 2.45) is 5.10 Å². The Labute approximate surface area is 138 Å². The molecule has 0 fully saturated rings. The molecule has 1 atom stereocenters. The van der Waals surface area contributed by atoms with E-state index in [1.54, 1.807) is 19.2 Å². The summed E-state index contributed by atoms with van der Waals surface area (Å²) in [6.07, 6.45) is 0.955. The zero-order chi connectivity index (χ0) is 15.9. The number of amides is 1. The summed E-state index contributed by atoms with van der Waals surface area (Å²) in [6, 6.07) is 15.2. The van der Waals surface area contributed by atoms with Gasteiger partial charge in [-0.05, 0) is 47.5 Å². The number of rotatable bonds is 5. The molecule has 0 aliphatic carbocycles. The fraction of sp³-hybridized carbons (Fsp3) is 0.176. The van der Waals surface area contributed by atoms with Gasteiger partial charge in [-0.25, -0.2) is 5.43 Å². The van der Waals surface area contributed by atoms with Crippen LogP contribution in [0.4, 0.5) is 0 Å². The fourth-order valence-electron chi connectivity index (χ4n) is 1.70. The van der Waals surface area contributed by atoms with E-state index in [4.69, 9.17) is 4.74 Å². The first-order valence-electron chi connectivity index (χ1n) is 6.87. The van der Waals surface area contributed by atoms with Gasteiger partial charge in [-0.15, -0.1) is 0 Å². The molecule has 0 saturated heterocycles. The maximum absolute atomic E-state index is 11.9. The van der Waals surface area contributed by atoms with Gasteiger partial charge in [-0.2, -0.15) is 5.10 Å². The predicted octanol–water partition coefficient (Wildman–Crippen LogP) is 3.68. The van der Waals surface area contributed by atoms with Gasteiger partial charge < -0.3 is 4.74 Å². The van der Waals surface area contributed by atoms with Crippen LogP contribution in [0.15, 0.2) is 58.1 Å². The zero-order valence-electron chi connectivity index (χ0n) is 12.4. The molecule has 1 amide bonds. The second-order valence-electron chi connectivity index (χ2n) is 4.84. The molecule has 0 saturated carbocycles. The minimum absolute atomic E-state index is 0.306. The van der Waals surface area contributed by atoms with Crippen LogP contribution in [-0.2, 0) is 4.79 Å². The molecule has 0 radical (unpaired) electrons. The molecule has 0 heterocycles. The lowest BCUT2D eigenvalue weighted by atomic mass is 10.2. The van der Waals surface area contributed by atoms with E-state index < -0.39 is 6.10 Å². The standard InChI is InChI=1S/C17H17BrN2O2/c1-12-7-9-14(10-8-12)11-19-20-17(21)13(2)22-16-6-4-3-5-15(16)18/h3-11,13H,1-2H3,(H,20,21)/t13-/m0/s1. The molecule has 4 nitrogen and oxygen atoms in total. The average Bonchev–Trinajstić information content (AvgIpc) is 2.51. The highest BCUT2D eigenvalue weighted by Crippen LogP contribution is 2.24. The molecule has 0 aliphatic heterocycles. The van der Waals surface area contributed by atoms with Crippen molar-refractivity contribution < 1.29 is 9.53 Å². The monoisotopic (exact) mass is 360 g/mol. The number of carbonyl (C=O) groups excluding carboxylic acids is 1. The van der Waals surface area contributed by atoms with Crippen molar-refractivity contribution in [3.05, 3.63) is 64.1 Å². The number of aryl methyl sites for hydroxylation is 1. The van der Waals surface area contributed by atoms with Gasteiger partial charge in [0, 0.05) is 0 Å². The van der Waals surface area contributed by atoms with Crippen molar-refractivity contribution in [2.45, 2.75) is 20.0 Å². The van der Waals surface area contributed by atoms with Gasteiger partial charge in [0.05, 0.1) is 10.7 Å². The van der Waals surface area contributed by atoms with Gasteiger partial charge in [0.1, 0.15) is 5.75 Å². The molecule has 0 spiro atoms. The number of hydrogen-bond acceptors (Lipinski definition) is 3. The first-order valence-corrected chi connectivity index (χ1v) is 7.66. The molecule has 0 aliphatic rings. The predicted molar refractivity (Wildman–Crippen MR) is 91.1 cm³/mol. The van der Waals surface area contributed by atoms with Crippen LogP contribution in [0.5, 0.6) is 5.75 Å². The van der Waals surface area contributed by atoms with E-state index in [0.717, 1.165) is 10.0 Å². The van der Waals surface area contributed by atoms with E-state index in [0.29, 0.717) is 5.75 Å². The van der Waals surface area contributed by atoms with E-state index >= 15 is 0 Å². The molecule has 0 unspecified atom stereocenters. The Hall–Kier alpha value is -2.14. The Morgan fingerprint density at radius 2 is 1.91 bits per heavy atom. The van der Waals surface area contributed by atoms with Crippen LogP contribution < -0.4 is 10.2 Å². The summed E-state index contributed by atoms with van der Waals surface area (Å²) in [5.74, 6) is 0.312. The van der Waals surface area contributed by atoms with Crippen molar-refractivity contribution in [3.8, 4) is 5.75 Å². The Morgan fingerprint density at radius 3 is 2.59 bits per heavy atom. The summed E-state index contributed by atoms with van der Waals surface area (Å²) in [5.41, 5.74) is 4.57. The first kappa shape index (κ1) is 16.2. The minimum Gasteiger partial charge on any atom is -0.480 e. The number of carbonyl (C=O) groups is 1. The molecule has 2 aromatic rings. The van der Waals surface area contributed by atoms with E-state index in [2.05, 4.69) is 26.5 Å². The summed E-state index contributed by atoms with van der Waals surface area (Å²) < 4.78 is 6.40. The molecule has 0 bridgehead atoms. The number of para-hydroxylation sites is 1. The van der Waals surface area contributed by atoms with Crippen LogP contribution in [0.25, 0.3) is 0 Å². The molecule has 114 valence electrons. The Kier molecular flexibility index (Phi) is 5.72. The van der Waals surface area contributed by atoms with Crippen LogP contribution in [0, 0.1) is 6.92 Å². The maximum Gasteiger partial charge on any atom is 0.280 e. The number of ether oxygens (including phenoxy) is 1. The molecular formula is C17H17BrN2O2. The van der Waals surface area contributed by atoms with Crippen LogP contribution in [-0.4, -0.2) is 18.2 Å². The van der Waals surface area contributed by atoms with Crippen molar-refractivity contribution >= 4 is 28.1 Å². The second-order valence-corrected chi connectivity index (χ2v) is 5.69. The third-order valence-electron chi connectivity index (χ3n) is 2.98. The fourth-order valence-corrected chi connectivity index (χ4v) is 2.08. The molecular weight excluding hydrogens is 344 g/mol. The number of hydrazone groups is 1. The Balaban J connectivity index is 1.89. The summed E-state index contributed by atoms with van der Waals surface area (Å²) in [7, 11) is 0. The lowest BCUT2D eigenvalue weighted by Crippen LogP contribution is -2.33. The highest BCUT2D eigenvalue weighted by atomic mass is 79.9. The number of nitrogens with one attached hydrogen (secondary N) is 1. The van der Waals surface area contributed by atoms with Gasteiger partial charge in [0.15, 0.2) is 6.10 Å². The van der Waals surface area contributed by atoms with Gasteiger partial charge >= 0.3 is 0 Å². The lowest BCUT2D eigenvalue weighted by molar-refractivity contribution is -0.127. The Bertz CT molecular complexity index is 669. The number of benzene rings is 2. The SMILES string of the molecule is Cc1ccc(C=NNC(=O)[C@H](C)Oc2ccccc2Br)cc1. The number of hydrogen-bond donors (Lipinski definition) is 1. The van der Waals surface area contributed by atoms with Gasteiger partial charge in [0.2, 0.25) is 0 Å². The van der Waals surface area contributed by atoms with Crippen LogP contribution >= 0.6 is 15.9 Å². The van der Waals surface area contributed by atoms with Crippen LogP contribution in [0.2, 0.25) is 0 Å². The van der Waals surface area contributed by atoms with E-state index in [9.17, 15) is 4.79 Å². The highest BCUT2D eigenvalue weighted by molar-refractivity contribution is 9.10. The average molecular weight is 361 g/mol. The van der Waals surface area contributed by atoms with Crippen molar-refractivity contribution in [1.82, 2.24) is 5.43 Å².